The van der Waals surface area contributed by atoms with Crippen LogP contribution in [-0.4, -0.2) is 5.43 Å². The number of hydrogen-bond donors (Lipinski definition) is 0. The third-order valence-corrected chi connectivity index (χ3v) is 2.43. The molecule has 0 aliphatic carbocycles. The Kier molecular flexibility index (Phi) is 3.33. The summed E-state index contributed by atoms with van der Waals surface area (Å²) >= 11 is 5.14. The lowest BCUT2D eigenvalue weighted by Crippen LogP contribution is -2.02. The average Bonchev–Trinajstić information content (AvgIpc) is 2.14. The third kappa shape index (κ3) is 2.28. The highest BCUT2D eigenvalue weighted by molar-refractivity contribution is 6.61. The highest BCUT2D eigenvalue weighted by atomic mass is 35.5. The van der Waals surface area contributed by atoms with Gasteiger partial charge < -0.3 is 4.74 Å². The summed E-state index contributed by atoms with van der Waals surface area (Å²) in [6.07, 6.45) is 0. The summed E-state index contributed by atoms with van der Waals surface area (Å²) in [7, 11) is 0. The first kappa shape index (κ1) is 11.5. The van der Waals surface area contributed by atoms with Crippen molar-refractivity contribution in [2.24, 2.45) is 0 Å². The van der Waals surface area contributed by atoms with Gasteiger partial charge in [-0.15, -0.1) is 0 Å². The molecule has 0 aromatic heterocycles. The molecule has 0 aliphatic heterocycles. The average molecular weight is 224 g/mol. The van der Waals surface area contributed by atoms with Gasteiger partial charge in [-0.05, 0) is 43.5 Å². The minimum absolute atomic E-state index is 0.406. The summed E-state index contributed by atoms with van der Waals surface area (Å²) in [6, 6.07) is 3.75. The molecule has 0 aliphatic rings. The van der Waals surface area contributed by atoms with Crippen LogP contribution in [0, 0.1) is 32.1 Å². The smallest absolute Gasteiger partial charge is 0.409 e. The van der Waals surface area contributed by atoms with Crippen LogP contribution in [-0.2, 0) is 0 Å². The van der Waals surface area contributed by atoms with E-state index < -0.39 is 5.43 Å². The van der Waals surface area contributed by atoms with Gasteiger partial charge in [0.05, 0.1) is 11.6 Å². The van der Waals surface area contributed by atoms with E-state index in [1.165, 1.54) is 0 Å². The summed E-state index contributed by atoms with van der Waals surface area (Å²) < 4.78 is 4.82. The molecule has 1 rings (SSSR count). The van der Waals surface area contributed by atoms with Gasteiger partial charge in [-0.1, -0.05) is 0 Å². The molecule has 0 N–H and O–H groups in total. The number of rotatable bonds is 1. The second-order valence-corrected chi connectivity index (χ2v) is 3.58. The molecule has 0 heterocycles. The predicted molar refractivity (Wildman–Crippen MR) is 57.2 cm³/mol. The molecule has 1 aromatic carbocycles. The molecule has 0 spiro atoms. The van der Waals surface area contributed by atoms with Gasteiger partial charge >= 0.3 is 5.43 Å². The van der Waals surface area contributed by atoms with Crippen molar-refractivity contribution in [2.45, 2.75) is 20.8 Å². The molecular formula is C11H10ClNO2. The highest BCUT2D eigenvalue weighted by Crippen LogP contribution is 2.27. The number of hydrogen-bond acceptors (Lipinski definition) is 3. The minimum atomic E-state index is -0.874. The van der Waals surface area contributed by atoms with Crippen molar-refractivity contribution in [1.29, 1.82) is 5.26 Å². The summed E-state index contributed by atoms with van der Waals surface area (Å²) in [6.45, 7) is 5.38. The van der Waals surface area contributed by atoms with Crippen LogP contribution >= 0.6 is 11.6 Å². The number of halogens is 1. The van der Waals surface area contributed by atoms with E-state index in [0.717, 1.165) is 16.7 Å². The van der Waals surface area contributed by atoms with Gasteiger partial charge in [0.15, 0.2) is 0 Å². The zero-order chi connectivity index (χ0) is 11.6. The van der Waals surface area contributed by atoms with Crippen LogP contribution in [0.3, 0.4) is 0 Å². The molecule has 0 bridgehead atoms. The Bertz CT molecular complexity index is 461. The highest BCUT2D eigenvalue weighted by Gasteiger charge is 2.12. The van der Waals surface area contributed by atoms with Gasteiger partial charge in [0, 0.05) is 11.6 Å². The van der Waals surface area contributed by atoms with Gasteiger partial charge in [-0.3, -0.25) is 0 Å². The fourth-order valence-electron chi connectivity index (χ4n) is 1.41. The van der Waals surface area contributed by atoms with E-state index >= 15 is 0 Å². The van der Waals surface area contributed by atoms with Crippen molar-refractivity contribution in [2.75, 3.05) is 0 Å². The number of carbonyl (C=O) groups excluding carboxylic acids is 1. The molecule has 0 saturated carbocycles. The Morgan fingerprint density at radius 3 is 2.47 bits per heavy atom. The Hall–Kier alpha value is -1.53. The second kappa shape index (κ2) is 4.33. The van der Waals surface area contributed by atoms with E-state index in [-0.39, 0.29) is 0 Å². The van der Waals surface area contributed by atoms with E-state index in [2.05, 4.69) is 6.07 Å². The molecule has 0 unspecified atom stereocenters. The number of carbonyl (C=O) groups is 1. The fourth-order valence-corrected chi connectivity index (χ4v) is 1.49. The first-order valence-electron chi connectivity index (χ1n) is 4.35. The fraction of sp³-hybridized carbons (Fsp3) is 0.273. The van der Waals surface area contributed by atoms with Crippen LogP contribution in [0.5, 0.6) is 5.75 Å². The lowest BCUT2D eigenvalue weighted by Gasteiger charge is -2.11. The van der Waals surface area contributed by atoms with Gasteiger partial charge in [0.25, 0.3) is 0 Å². The van der Waals surface area contributed by atoms with E-state index in [1.807, 2.05) is 6.92 Å². The van der Waals surface area contributed by atoms with Crippen LogP contribution in [0.25, 0.3) is 0 Å². The maximum atomic E-state index is 10.6. The van der Waals surface area contributed by atoms with E-state index in [1.54, 1.807) is 19.9 Å². The van der Waals surface area contributed by atoms with Crippen molar-refractivity contribution in [1.82, 2.24) is 0 Å². The molecule has 78 valence electrons. The number of nitrogens with zero attached hydrogens (tertiary/aromatic N) is 1. The topological polar surface area (TPSA) is 50.1 Å². The predicted octanol–water partition coefficient (Wildman–Crippen LogP) is 3.22. The largest absolute Gasteiger partial charge is 0.414 e. The Morgan fingerprint density at radius 1 is 1.40 bits per heavy atom. The van der Waals surface area contributed by atoms with Crippen LogP contribution in [0.1, 0.15) is 22.3 Å². The molecule has 0 saturated heterocycles. The van der Waals surface area contributed by atoms with Crippen molar-refractivity contribution in [3.63, 3.8) is 0 Å². The molecule has 4 heteroatoms. The van der Waals surface area contributed by atoms with Crippen molar-refractivity contribution in [3.05, 3.63) is 28.3 Å². The molecule has 1 aromatic rings. The summed E-state index contributed by atoms with van der Waals surface area (Å²) in [5.41, 5.74) is 2.08. The second-order valence-electron chi connectivity index (χ2n) is 3.27. The SMILES string of the molecule is Cc1cc(OC(=O)Cl)c(C)c(C)c1C#N. The zero-order valence-corrected chi connectivity index (χ0v) is 9.47. The monoisotopic (exact) mass is 223 g/mol. The number of nitriles is 1. The van der Waals surface area contributed by atoms with Crippen molar-refractivity contribution < 1.29 is 9.53 Å². The quantitative estimate of drug-likeness (QED) is 0.687. The minimum Gasteiger partial charge on any atom is -0.414 e. The lowest BCUT2D eigenvalue weighted by molar-refractivity contribution is 0.225. The van der Waals surface area contributed by atoms with Crippen molar-refractivity contribution >= 4 is 17.0 Å². The first-order chi connectivity index (χ1) is 6.97. The van der Waals surface area contributed by atoms with E-state index in [4.69, 9.17) is 21.6 Å². The van der Waals surface area contributed by atoms with Gasteiger partial charge in [0.2, 0.25) is 0 Å². The van der Waals surface area contributed by atoms with Crippen LogP contribution in [0.4, 0.5) is 4.79 Å². The molecule has 0 atom stereocenters. The normalized spacial score (nSPS) is 9.53. The van der Waals surface area contributed by atoms with Crippen LogP contribution in [0.2, 0.25) is 0 Å². The van der Waals surface area contributed by atoms with E-state index in [0.29, 0.717) is 11.3 Å². The first-order valence-corrected chi connectivity index (χ1v) is 4.73. The van der Waals surface area contributed by atoms with Crippen molar-refractivity contribution in [3.8, 4) is 11.8 Å². The maximum absolute atomic E-state index is 10.6. The van der Waals surface area contributed by atoms with Gasteiger partial charge in [-0.2, -0.15) is 5.26 Å². The Balaban J connectivity index is 3.35. The maximum Gasteiger partial charge on any atom is 0.409 e. The molecule has 15 heavy (non-hydrogen) atoms. The lowest BCUT2D eigenvalue weighted by atomic mass is 9.98. The number of benzene rings is 1. The van der Waals surface area contributed by atoms with Crippen LogP contribution < -0.4 is 4.74 Å². The molecule has 0 fully saturated rings. The zero-order valence-electron chi connectivity index (χ0n) is 8.72. The summed E-state index contributed by atoms with van der Waals surface area (Å²) in [5.74, 6) is 0.406. The molecule has 3 nitrogen and oxygen atoms in total. The third-order valence-electron chi connectivity index (χ3n) is 2.35. The van der Waals surface area contributed by atoms with Gasteiger partial charge in [-0.25, -0.2) is 4.79 Å². The number of aryl methyl sites for hydroxylation is 1. The Morgan fingerprint density at radius 2 is 2.00 bits per heavy atom. The summed E-state index contributed by atoms with van der Waals surface area (Å²) in [5, 5.41) is 8.91. The van der Waals surface area contributed by atoms with Crippen LogP contribution in [0.15, 0.2) is 6.07 Å². The number of ether oxygens (including phenoxy) is 1. The summed E-state index contributed by atoms with van der Waals surface area (Å²) in [4.78, 5) is 10.6. The molecule has 0 amide bonds. The van der Waals surface area contributed by atoms with Gasteiger partial charge in [0.1, 0.15) is 5.75 Å². The van der Waals surface area contributed by atoms with E-state index in [9.17, 15) is 4.79 Å². The standard InChI is InChI=1S/C11H10ClNO2/c1-6-4-10(15-11(12)14)8(3)7(2)9(6)5-13/h4H,1-3H3. The molecule has 0 radical (unpaired) electrons. The molecular weight excluding hydrogens is 214 g/mol. The Labute approximate surface area is 93.2 Å².